The van der Waals surface area contributed by atoms with Crippen molar-refractivity contribution in [2.24, 2.45) is 5.92 Å². The van der Waals surface area contributed by atoms with Gasteiger partial charge in [0, 0.05) is 18.7 Å². The average Bonchev–Trinajstić information content (AvgIpc) is 2.49. The van der Waals surface area contributed by atoms with Crippen LogP contribution in [0.3, 0.4) is 0 Å². The van der Waals surface area contributed by atoms with Crippen LogP contribution in [0.2, 0.25) is 0 Å². The zero-order valence-electron chi connectivity index (χ0n) is 15.1. The fraction of sp³-hybridized carbons (Fsp3) is 0.474. The monoisotopic (exact) mass is 332 g/mol. The molecule has 0 radical (unpaired) electrons. The molecule has 132 valence electrons. The van der Waals surface area contributed by atoms with Crippen molar-refractivity contribution < 1.29 is 14.3 Å². The summed E-state index contributed by atoms with van der Waals surface area (Å²) >= 11 is 0. The minimum absolute atomic E-state index is 0.0755. The van der Waals surface area contributed by atoms with Gasteiger partial charge in [0.25, 0.3) is 0 Å². The lowest BCUT2D eigenvalue weighted by Gasteiger charge is -2.25. The fourth-order valence-electron chi connectivity index (χ4n) is 1.87. The summed E-state index contributed by atoms with van der Waals surface area (Å²) in [4.78, 5) is 23.6. The van der Waals surface area contributed by atoms with Crippen molar-refractivity contribution >= 4 is 18.1 Å². The van der Waals surface area contributed by atoms with Gasteiger partial charge in [-0.2, -0.15) is 0 Å². The number of alkyl carbamates (subject to hydrolysis) is 1. The first kappa shape index (κ1) is 19.7. The topological polar surface area (TPSA) is 67.4 Å². The highest BCUT2D eigenvalue weighted by atomic mass is 16.6. The molecule has 2 amide bonds. The molecule has 2 N–H and O–H groups in total. The van der Waals surface area contributed by atoms with Gasteiger partial charge in [0.1, 0.15) is 5.60 Å². The van der Waals surface area contributed by atoms with E-state index in [1.54, 1.807) is 6.08 Å². The number of hydrogen-bond donors (Lipinski definition) is 2. The van der Waals surface area contributed by atoms with Gasteiger partial charge in [-0.15, -0.1) is 0 Å². The molecule has 0 aliphatic rings. The number of nitrogens with one attached hydrogen (secondary N) is 2. The summed E-state index contributed by atoms with van der Waals surface area (Å²) in [5.74, 6) is -0.0817. The summed E-state index contributed by atoms with van der Waals surface area (Å²) in [5.41, 5.74) is 0.449. The van der Waals surface area contributed by atoms with E-state index in [9.17, 15) is 9.59 Å². The van der Waals surface area contributed by atoms with Crippen LogP contribution >= 0.6 is 0 Å². The van der Waals surface area contributed by atoms with E-state index in [1.807, 2.05) is 65.0 Å². The summed E-state index contributed by atoms with van der Waals surface area (Å²) < 4.78 is 5.22. The third kappa shape index (κ3) is 8.36. The summed E-state index contributed by atoms with van der Waals surface area (Å²) in [6.07, 6.45) is 2.83. The molecule has 0 aromatic heterocycles. The van der Waals surface area contributed by atoms with Gasteiger partial charge in [0.05, 0.1) is 0 Å². The number of hydrogen-bond acceptors (Lipinski definition) is 3. The third-order valence-corrected chi connectivity index (χ3v) is 3.42. The van der Waals surface area contributed by atoms with E-state index in [2.05, 4.69) is 10.6 Å². The molecule has 1 unspecified atom stereocenters. The van der Waals surface area contributed by atoms with Gasteiger partial charge in [-0.1, -0.05) is 37.3 Å². The number of carbonyl (C=O) groups excluding carboxylic acids is 2. The van der Waals surface area contributed by atoms with Crippen LogP contribution < -0.4 is 10.6 Å². The van der Waals surface area contributed by atoms with Crippen LogP contribution in [0, 0.1) is 5.92 Å². The molecule has 1 aromatic carbocycles. The van der Waals surface area contributed by atoms with Gasteiger partial charge in [-0.3, -0.25) is 4.79 Å². The molecule has 0 aliphatic carbocycles. The number of rotatable bonds is 6. The Hall–Kier alpha value is -2.30. The average molecular weight is 332 g/mol. The Morgan fingerprint density at radius 2 is 1.79 bits per heavy atom. The van der Waals surface area contributed by atoms with Crippen molar-refractivity contribution in [2.45, 2.75) is 46.3 Å². The van der Waals surface area contributed by atoms with Crippen molar-refractivity contribution in [1.29, 1.82) is 0 Å². The highest BCUT2D eigenvalue weighted by Gasteiger charge is 2.20. The molecule has 0 heterocycles. The molecule has 0 spiro atoms. The largest absolute Gasteiger partial charge is 0.444 e. The van der Waals surface area contributed by atoms with E-state index in [-0.39, 0.29) is 17.9 Å². The predicted octanol–water partition coefficient (Wildman–Crippen LogP) is 3.37. The van der Waals surface area contributed by atoms with Gasteiger partial charge in [-0.25, -0.2) is 4.79 Å². The van der Waals surface area contributed by atoms with E-state index in [0.717, 1.165) is 5.56 Å². The first-order chi connectivity index (χ1) is 11.2. The van der Waals surface area contributed by atoms with Gasteiger partial charge >= 0.3 is 6.09 Å². The normalized spacial score (nSPS) is 14.0. The third-order valence-electron chi connectivity index (χ3n) is 3.42. The zero-order chi connectivity index (χ0) is 18.2. The maximum Gasteiger partial charge on any atom is 0.407 e. The molecule has 0 bridgehead atoms. The Bertz CT molecular complexity index is 562. The number of benzene rings is 1. The lowest BCUT2D eigenvalue weighted by atomic mass is 10.0. The number of carbonyl (C=O) groups is 2. The van der Waals surface area contributed by atoms with E-state index in [1.165, 1.54) is 6.08 Å². The molecule has 0 saturated carbocycles. The lowest BCUT2D eigenvalue weighted by molar-refractivity contribution is -0.116. The van der Waals surface area contributed by atoms with Gasteiger partial charge in [0.2, 0.25) is 5.91 Å². The summed E-state index contributed by atoms with van der Waals surface area (Å²) in [5, 5.41) is 5.62. The second-order valence-corrected chi connectivity index (χ2v) is 6.90. The standard InChI is InChI=1S/C19H28N2O3/c1-14(15(2)21-18(23)24-19(3,4)5)13-20-17(22)12-11-16-9-7-6-8-10-16/h6-12,14-15H,13H2,1-5H3,(H,20,22)(H,21,23)/b12-11+/t14?,15-/m0/s1. The maximum absolute atomic E-state index is 11.8. The lowest BCUT2D eigenvalue weighted by Crippen LogP contribution is -2.43. The molecule has 5 nitrogen and oxygen atoms in total. The molecular formula is C19H28N2O3. The molecule has 0 saturated heterocycles. The van der Waals surface area contributed by atoms with Crippen LogP contribution in [-0.2, 0) is 9.53 Å². The van der Waals surface area contributed by atoms with E-state index in [0.29, 0.717) is 6.54 Å². The van der Waals surface area contributed by atoms with Crippen LogP contribution in [0.15, 0.2) is 36.4 Å². The maximum atomic E-state index is 11.8. The highest BCUT2D eigenvalue weighted by molar-refractivity contribution is 5.91. The van der Waals surface area contributed by atoms with Crippen LogP contribution in [0.25, 0.3) is 6.08 Å². The van der Waals surface area contributed by atoms with Crippen LogP contribution in [0.1, 0.15) is 40.2 Å². The Labute approximate surface area is 144 Å². The summed E-state index contributed by atoms with van der Waals surface area (Å²) in [7, 11) is 0. The second-order valence-electron chi connectivity index (χ2n) is 6.90. The SMILES string of the molecule is CC(CNC(=O)/C=C/c1ccccc1)[C@H](C)NC(=O)OC(C)(C)C. The Morgan fingerprint density at radius 3 is 2.38 bits per heavy atom. The molecule has 5 heteroatoms. The first-order valence-electron chi connectivity index (χ1n) is 8.18. The van der Waals surface area contributed by atoms with Gasteiger partial charge in [0.15, 0.2) is 0 Å². The molecule has 1 rings (SSSR count). The van der Waals surface area contributed by atoms with Gasteiger partial charge in [-0.05, 0) is 45.3 Å². The van der Waals surface area contributed by atoms with Gasteiger partial charge < -0.3 is 15.4 Å². The molecule has 24 heavy (non-hydrogen) atoms. The first-order valence-corrected chi connectivity index (χ1v) is 8.18. The van der Waals surface area contributed by atoms with Crippen molar-refractivity contribution in [3.8, 4) is 0 Å². The van der Waals surface area contributed by atoms with Crippen LogP contribution in [-0.4, -0.2) is 30.2 Å². The second kappa shape index (κ2) is 9.11. The minimum atomic E-state index is -0.524. The molecule has 0 fully saturated rings. The summed E-state index contributed by atoms with van der Waals surface area (Å²) in [6, 6.07) is 9.52. The highest BCUT2D eigenvalue weighted by Crippen LogP contribution is 2.08. The predicted molar refractivity (Wildman–Crippen MR) is 96.5 cm³/mol. The van der Waals surface area contributed by atoms with E-state index >= 15 is 0 Å². The fourth-order valence-corrected chi connectivity index (χ4v) is 1.87. The van der Waals surface area contributed by atoms with Crippen molar-refractivity contribution in [3.63, 3.8) is 0 Å². The quantitative estimate of drug-likeness (QED) is 0.785. The van der Waals surface area contributed by atoms with Crippen molar-refractivity contribution in [3.05, 3.63) is 42.0 Å². The van der Waals surface area contributed by atoms with E-state index in [4.69, 9.17) is 4.74 Å². The van der Waals surface area contributed by atoms with E-state index < -0.39 is 11.7 Å². The van der Waals surface area contributed by atoms with Crippen molar-refractivity contribution in [1.82, 2.24) is 10.6 Å². The molecule has 1 aromatic rings. The molecule has 2 atom stereocenters. The van der Waals surface area contributed by atoms with Crippen molar-refractivity contribution in [2.75, 3.05) is 6.54 Å². The zero-order valence-corrected chi connectivity index (χ0v) is 15.1. The Balaban J connectivity index is 2.36. The Kier molecular flexibility index (Phi) is 7.49. The summed E-state index contributed by atoms with van der Waals surface area (Å²) in [6.45, 7) is 9.78. The molecule has 0 aliphatic heterocycles. The number of ether oxygens (including phenoxy) is 1. The smallest absolute Gasteiger partial charge is 0.407 e. The number of amides is 2. The minimum Gasteiger partial charge on any atom is -0.444 e. The van der Waals surface area contributed by atoms with Crippen LogP contribution in [0.5, 0.6) is 0 Å². The molecular weight excluding hydrogens is 304 g/mol. The van der Waals surface area contributed by atoms with Crippen LogP contribution in [0.4, 0.5) is 4.79 Å². The Morgan fingerprint density at radius 1 is 1.17 bits per heavy atom.